The maximum Gasteiger partial charge on any atom is 0.266 e. The molecule has 0 spiro atoms. The zero-order chi connectivity index (χ0) is 17.3. The lowest BCUT2D eigenvalue weighted by molar-refractivity contribution is 0.0970. The van der Waals surface area contributed by atoms with Crippen LogP contribution in [0.15, 0.2) is 34.0 Å². The van der Waals surface area contributed by atoms with Crippen LogP contribution in [0.1, 0.15) is 12.8 Å². The van der Waals surface area contributed by atoms with Crippen molar-refractivity contribution in [2.75, 3.05) is 11.3 Å². The monoisotopic (exact) mass is 435 g/mol. The molecule has 1 aliphatic rings. The van der Waals surface area contributed by atoms with Gasteiger partial charge >= 0.3 is 0 Å². The number of sulfonamides is 1. The molecule has 10 heteroatoms. The quantitative estimate of drug-likeness (QED) is 0.751. The molecule has 3 rings (SSSR count). The number of hydrogen-bond donors (Lipinski definition) is 2. The second-order valence-electron chi connectivity index (χ2n) is 5.43. The first-order chi connectivity index (χ1) is 11.3. The first kappa shape index (κ1) is 17.5. The highest BCUT2D eigenvalue weighted by Gasteiger charge is 2.23. The molecular weight excluding hydrogens is 422 g/mol. The van der Waals surface area contributed by atoms with Crippen LogP contribution >= 0.6 is 27.5 Å². The molecule has 1 saturated heterocycles. The van der Waals surface area contributed by atoms with Gasteiger partial charge in [-0.15, -0.1) is 0 Å². The van der Waals surface area contributed by atoms with Gasteiger partial charge in [0.25, 0.3) is 10.0 Å². The highest BCUT2D eigenvalue weighted by molar-refractivity contribution is 9.10. The lowest BCUT2D eigenvalue weighted by atomic mass is 10.2. The van der Waals surface area contributed by atoms with Crippen LogP contribution in [0, 0.1) is 0 Å². The van der Waals surface area contributed by atoms with E-state index in [1.807, 2.05) is 0 Å². The van der Waals surface area contributed by atoms with E-state index in [1.165, 1.54) is 18.5 Å². The minimum Gasteiger partial charge on any atom is -0.505 e. The molecular formula is C14H15BrClN3O4S. The number of imidazole rings is 1. The molecule has 7 nitrogen and oxygen atoms in total. The van der Waals surface area contributed by atoms with Gasteiger partial charge < -0.3 is 14.4 Å². The van der Waals surface area contributed by atoms with Crippen molar-refractivity contribution in [1.29, 1.82) is 0 Å². The fourth-order valence-electron chi connectivity index (χ4n) is 2.48. The minimum absolute atomic E-state index is 0.0614. The summed E-state index contributed by atoms with van der Waals surface area (Å²) in [5, 5.41) is 9.86. The number of nitrogens with zero attached hydrogens (tertiary/aromatic N) is 2. The van der Waals surface area contributed by atoms with E-state index in [0.717, 1.165) is 19.4 Å². The summed E-state index contributed by atoms with van der Waals surface area (Å²) in [4.78, 5) is 3.71. The van der Waals surface area contributed by atoms with Crippen LogP contribution in [0.25, 0.3) is 0 Å². The average Bonchev–Trinajstić information content (AvgIpc) is 3.15. The second kappa shape index (κ2) is 6.91. The first-order valence-electron chi connectivity index (χ1n) is 7.19. The van der Waals surface area contributed by atoms with Gasteiger partial charge in [0.1, 0.15) is 4.90 Å². The van der Waals surface area contributed by atoms with Gasteiger partial charge in [0, 0.05) is 23.8 Å². The number of halogens is 2. The summed E-state index contributed by atoms with van der Waals surface area (Å²) < 4.78 is 35.0. The molecule has 130 valence electrons. The third kappa shape index (κ3) is 3.85. The normalized spacial score (nSPS) is 18.0. The van der Waals surface area contributed by atoms with Crippen LogP contribution < -0.4 is 4.72 Å². The second-order valence-corrected chi connectivity index (χ2v) is 8.40. The summed E-state index contributed by atoms with van der Waals surface area (Å²) >= 11 is 8.98. The fraction of sp³-hybridized carbons (Fsp3) is 0.357. The zero-order valence-corrected chi connectivity index (χ0v) is 15.6. The number of aromatic nitrogens is 2. The summed E-state index contributed by atoms with van der Waals surface area (Å²) in [6, 6.07) is 2.68. The van der Waals surface area contributed by atoms with Gasteiger partial charge in [-0.3, -0.25) is 4.72 Å². The Hall–Kier alpha value is -1.29. The van der Waals surface area contributed by atoms with Gasteiger partial charge in [-0.1, -0.05) is 27.5 Å². The molecule has 1 fully saturated rings. The van der Waals surface area contributed by atoms with Crippen LogP contribution in [0.2, 0.25) is 5.02 Å². The van der Waals surface area contributed by atoms with Crippen molar-refractivity contribution in [2.45, 2.75) is 30.4 Å². The van der Waals surface area contributed by atoms with Crippen LogP contribution in [-0.2, 0) is 21.3 Å². The van der Waals surface area contributed by atoms with E-state index < -0.39 is 15.8 Å². The van der Waals surface area contributed by atoms with Gasteiger partial charge in [-0.25, -0.2) is 13.4 Å². The Bertz CT molecular complexity index is 850. The molecule has 1 atom stereocenters. The number of aromatic hydroxyl groups is 1. The van der Waals surface area contributed by atoms with E-state index in [0.29, 0.717) is 11.0 Å². The number of hydrogen-bond acceptors (Lipinski definition) is 5. The van der Waals surface area contributed by atoms with Crippen molar-refractivity contribution in [3.05, 3.63) is 34.2 Å². The van der Waals surface area contributed by atoms with Crippen molar-refractivity contribution in [1.82, 2.24) is 9.55 Å². The maximum absolute atomic E-state index is 12.5. The van der Waals surface area contributed by atoms with Gasteiger partial charge in [-0.05, 0) is 25.0 Å². The number of nitrogens with one attached hydrogen (secondary N) is 1. The van der Waals surface area contributed by atoms with Crippen molar-refractivity contribution in [3.8, 4) is 5.75 Å². The fourth-order valence-corrected chi connectivity index (χ4v) is 4.63. The van der Waals surface area contributed by atoms with Crippen molar-refractivity contribution in [3.63, 3.8) is 0 Å². The molecule has 0 amide bonds. The van der Waals surface area contributed by atoms with E-state index in [4.69, 9.17) is 16.3 Å². The Labute approximate surface area is 152 Å². The first-order valence-corrected chi connectivity index (χ1v) is 9.85. The molecule has 0 radical (unpaired) electrons. The highest BCUT2D eigenvalue weighted by atomic mass is 79.9. The number of ether oxygens (including phenoxy) is 1. The topological polar surface area (TPSA) is 93.5 Å². The molecule has 24 heavy (non-hydrogen) atoms. The number of anilines is 1. The summed E-state index contributed by atoms with van der Waals surface area (Å²) in [6.45, 7) is 1.37. The summed E-state index contributed by atoms with van der Waals surface area (Å²) in [5.41, 5.74) is 0. The Morgan fingerprint density at radius 1 is 1.50 bits per heavy atom. The third-order valence-electron chi connectivity index (χ3n) is 3.59. The number of rotatable bonds is 5. The molecule has 1 aromatic heterocycles. The van der Waals surface area contributed by atoms with E-state index in [1.54, 1.807) is 10.8 Å². The Morgan fingerprint density at radius 3 is 3.00 bits per heavy atom. The predicted octanol–water partition coefficient (Wildman–Crippen LogP) is 2.98. The average molecular weight is 437 g/mol. The van der Waals surface area contributed by atoms with E-state index >= 15 is 0 Å². The number of benzene rings is 1. The van der Waals surface area contributed by atoms with Crippen LogP contribution in [0.5, 0.6) is 5.75 Å². The summed E-state index contributed by atoms with van der Waals surface area (Å²) in [6.07, 6.45) is 5.24. The Kier molecular flexibility index (Phi) is 5.05. The molecule has 2 heterocycles. The van der Waals surface area contributed by atoms with Gasteiger partial charge in [-0.2, -0.15) is 0 Å². The van der Waals surface area contributed by atoms with Gasteiger partial charge in [0.15, 0.2) is 11.6 Å². The number of phenolic OH excluding ortho intramolecular Hbond substituents is 1. The van der Waals surface area contributed by atoms with Crippen molar-refractivity contribution >= 4 is 43.4 Å². The molecule has 0 unspecified atom stereocenters. The summed E-state index contributed by atoms with van der Waals surface area (Å²) in [7, 11) is -4.02. The molecule has 0 saturated carbocycles. The lowest BCUT2D eigenvalue weighted by Gasteiger charge is -2.10. The minimum atomic E-state index is -4.02. The maximum atomic E-state index is 12.5. The molecule has 1 aromatic carbocycles. The Balaban J connectivity index is 1.79. The van der Waals surface area contributed by atoms with Gasteiger partial charge in [0.2, 0.25) is 0 Å². The van der Waals surface area contributed by atoms with Crippen LogP contribution in [-0.4, -0.2) is 35.8 Å². The smallest absolute Gasteiger partial charge is 0.266 e. The van der Waals surface area contributed by atoms with Crippen molar-refractivity contribution < 1.29 is 18.3 Å². The van der Waals surface area contributed by atoms with Crippen molar-refractivity contribution in [2.24, 2.45) is 0 Å². The zero-order valence-electron chi connectivity index (χ0n) is 12.4. The molecule has 0 aliphatic carbocycles. The highest BCUT2D eigenvalue weighted by Crippen LogP contribution is 2.35. The molecule has 0 bridgehead atoms. The Morgan fingerprint density at radius 2 is 2.29 bits per heavy atom. The number of phenols is 1. The third-order valence-corrected chi connectivity index (χ3v) is 5.71. The van der Waals surface area contributed by atoms with Gasteiger partial charge in [0.05, 0.1) is 17.5 Å². The summed E-state index contributed by atoms with van der Waals surface area (Å²) in [5.74, 6) is -0.352. The lowest BCUT2D eigenvalue weighted by Crippen LogP contribution is -2.14. The van der Waals surface area contributed by atoms with Crippen LogP contribution in [0.4, 0.5) is 5.82 Å². The van der Waals surface area contributed by atoms with E-state index in [-0.39, 0.29) is 21.8 Å². The molecule has 2 N–H and O–H groups in total. The molecule has 2 aromatic rings. The largest absolute Gasteiger partial charge is 0.505 e. The van der Waals surface area contributed by atoms with E-state index in [2.05, 4.69) is 25.6 Å². The van der Waals surface area contributed by atoms with E-state index in [9.17, 15) is 13.5 Å². The SMILES string of the molecule is O=S(=O)(Nc1cn(C[C@H]2CCCO2)cn1)c1cc(Br)cc(Cl)c1O. The predicted molar refractivity (Wildman–Crippen MR) is 92.8 cm³/mol. The standard InChI is InChI=1S/C14H15BrClN3O4S/c15-9-4-11(16)14(20)12(5-9)24(21,22)18-13-7-19(8-17-13)6-10-2-1-3-23-10/h4-5,7-8,10,18,20H,1-3,6H2/t10-/m1/s1. The van der Waals surface area contributed by atoms with Crippen LogP contribution in [0.3, 0.4) is 0 Å². The molecule has 1 aliphatic heterocycles.